The van der Waals surface area contributed by atoms with Gasteiger partial charge in [-0.3, -0.25) is 4.79 Å². The third kappa shape index (κ3) is 4.85. The molecule has 0 spiro atoms. The van der Waals surface area contributed by atoms with Gasteiger partial charge in [0.25, 0.3) is 0 Å². The molecular weight excluding hydrogens is 236 g/mol. The number of hydrogen-bond acceptors (Lipinski definition) is 4. The lowest BCUT2D eigenvalue weighted by Crippen LogP contribution is -2.53. The monoisotopic (exact) mass is 260 g/mol. The molecule has 0 aromatic heterocycles. The predicted molar refractivity (Wildman–Crippen MR) is 72.2 cm³/mol. The minimum atomic E-state index is -0.826. The van der Waals surface area contributed by atoms with Crippen molar-refractivity contribution in [2.45, 2.75) is 38.3 Å². The Kier molecular flexibility index (Phi) is 5.76. The molecule has 1 heterocycles. The van der Waals surface area contributed by atoms with E-state index in [0.29, 0.717) is 18.2 Å². The van der Waals surface area contributed by atoms with Gasteiger partial charge in [0.2, 0.25) is 5.91 Å². The molecule has 1 fully saturated rings. The molecule has 4 nitrogen and oxygen atoms in total. The van der Waals surface area contributed by atoms with E-state index in [4.69, 9.17) is 0 Å². The normalized spacial score (nSPS) is 28.5. The second-order valence-electron chi connectivity index (χ2n) is 5.20. The summed E-state index contributed by atoms with van der Waals surface area (Å²) >= 11 is 1.58. The summed E-state index contributed by atoms with van der Waals surface area (Å²) in [6.45, 7) is 5.07. The summed E-state index contributed by atoms with van der Waals surface area (Å²) in [5.41, 5.74) is -0.826. The van der Waals surface area contributed by atoms with Crippen LogP contribution in [0.25, 0.3) is 0 Å². The van der Waals surface area contributed by atoms with Crippen molar-refractivity contribution in [1.82, 2.24) is 10.6 Å². The van der Waals surface area contributed by atoms with E-state index in [0.717, 1.165) is 19.4 Å². The summed E-state index contributed by atoms with van der Waals surface area (Å²) < 4.78 is 0. The van der Waals surface area contributed by atoms with E-state index in [1.807, 2.05) is 6.26 Å². The van der Waals surface area contributed by atoms with E-state index < -0.39 is 5.60 Å². The summed E-state index contributed by atoms with van der Waals surface area (Å²) in [5.74, 6) is 1.01. The highest BCUT2D eigenvalue weighted by Crippen LogP contribution is 2.16. The Morgan fingerprint density at radius 2 is 2.35 bits per heavy atom. The lowest BCUT2D eigenvalue weighted by atomic mass is 9.92. The van der Waals surface area contributed by atoms with Crippen molar-refractivity contribution in [3.8, 4) is 0 Å². The topological polar surface area (TPSA) is 61.4 Å². The zero-order valence-electron chi connectivity index (χ0n) is 11.0. The summed E-state index contributed by atoms with van der Waals surface area (Å²) in [7, 11) is 0. The molecule has 1 saturated heterocycles. The average Bonchev–Trinajstić information content (AvgIpc) is 2.27. The van der Waals surface area contributed by atoms with Crippen LogP contribution in [0.15, 0.2) is 0 Å². The maximum atomic E-state index is 12.0. The number of amides is 1. The van der Waals surface area contributed by atoms with E-state index in [1.54, 1.807) is 18.7 Å². The number of nitrogens with one attached hydrogen (secondary N) is 2. The van der Waals surface area contributed by atoms with Crippen LogP contribution in [0.3, 0.4) is 0 Å². The zero-order valence-corrected chi connectivity index (χ0v) is 11.8. The van der Waals surface area contributed by atoms with Gasteiger partial charge in [-0.15, -0.1) is 0 Å². The molecule has 1 rings (SSSR count). The Labute approximate surface area is 108 Å². The molecule has 3 N–H and O–H groups in total. The van der Waals surface area contributed by atoms with Crippen LogP contribution >= 0.6 is 11.8 Å². The van der Waals surface area contributed by atoms with Crippen molar-refractivity contribution in [1.29, 1.82) is 0 Å². The molecule has 0 aliphatic carbocycles. The predicted octanol–water partition coefficient (Wildman–Crippen LogP) is 0.605. The van der Waals surface area contributed by atoms with Crippen molar-refractivity contribution in [3.05, 3.63) is 0 Å². The summed E-state index contributed by atoms with van der Waals surface area (Å²) in [6, 6.07) is -0.103. The van der Waals surface area contributed by atoms with Crippen molar-refractivity contribution in [3.63, 3.8) is 0 Å². The Morgan fingerprint density at radius 3 is 2.94 bits per heavy atom. The molecule has 17 heavy (non-hydrogen) atoms. The number of hydrogen-bond donors (Lipinski definition) is 3. The SMILES string of the molecule is CSCC(C)(O)CNC(=O)C1NCCCC1C. The van der Waals surface area contributed by atoms with Crippen molar-refractivity contribution >= 4 is 17.7 Å². The van der Waals surface area contributed by atoms with Gasteiger partial charge in [-0.25, -0.2) is 0 Å². The molecule has 3 atom stereocenters. The molecule has 0 saturated carbocycles. The van der Waals surface area contributed by atoms with Gasteiger partial charge in [0, 0.05) is 12.3 Å². The van der Waals surface area contributed by atoms with Crippen LogP contribution in [0, 0.1) is 5.92 Å². The maximum Gasteiger partial charge on any atom is 0.237 e. The molecule has 1 aliphatic rings. The quantitative estimate of drug-likeness (QED) is 0.677. The fraction of sp³-hybridized carbons (Fsp3) is 0.917. The lowest BCUT2D eigenvalue weighted by molar-refractivity contribution is -0.125. The maximum absolute atomic E-state index is 12.0. The zero-order chi connectivity index (χ0) is 12.9. The van der Waals surface area contributed by atoms with Crippen molar-refractivity contribution in [2.75, 3.05) is 25.1 Å². The van der Waals surface area contributed by atoms with Gasteiger partial charge < -0.3 is 15.7 Å². The molecule has 0 radical (unpaired) electrons. The number of rotatable bonds is 5. The molecule has 5 heteroatoms. The first-order valence-corrected chi connectivity index (χ1v) is 7.58. The standard InChI is InChI=1S/C12H24N2O2S/c1-9-5-4-6-13-10(9)11(15)14-7-12(2,16)8-17-3/h9-10,13,16H,4-8H2,1-3H3,(H,14,15). The highest BCUT2D eigenvalue weighted by Gasteiger charge is 2.29. The number of piperidine rings is 1. The number of aliphatic hydroxyl groups is 1. The summed E-state index contributed by atoms with van der Waals surface area (Å²) in [4.78, 5) is 12.0. The van der Waals surface area contributed by atoms with Gasteiger partial charge in [-0.05, 0) is 38.5 Å². The van der Waals surface area contributed by atoms with Gasteiger partial charge in [-0.2, -0.15) is 11.8 Å². The van der Waals surface area contributed by atoms with Gasteiger partial charge in [0.05, 0.1) is 11.6 Å². The minimum Gasteiger partial charge on any atom is -0.387 e. The van der Waals surface area contributed by atoms with E-state index in [2.05, 4.69) is 17.6 Å². The highest BCUT2D eigenvalue weighted by molar-refractivity contribution is 7.98. The summed E-state index contributed by atoms with van der Waals surface area (Å²) in [6.07, 6.45) is 4.17. The van der Waals surface area contributed by atoms with Gasteiger partial charge >= 0.3 is 0 Å². The average molecular weight is 260 g/mol. The first-order valence-electron chi connectivity index (χ1n) is 6.19. The molecule has 1 aliphatic heterocycles. The molecule has 0 aromatic rings. The Balaban J connectivity index is 2.38. The van der Waals surface area contributed by atoms with Crippen LogP contribution in [0.4, 0.5) is 0 Å². The van der Waals surface area contributed by atoms with E-state index in [-0.39, 0.29) is 11.9 Å². The van der Waals surface area contributed by atoms with Crippen LogP contribution in [0.5, 0.6) is 0 Å². The Bertz CT molecular complexity index is 259. The van der Waals surface area contributed by atoms with Crippen molar-refractivity contribution in [2.24, 2.45) is 5.92 Å². The molecule has 100 valence electrons. The molecule has 0 bridgehead atoms. The fourth-order valence-electron chi connectivity index (χ4n) is 2.15. The third-order valence-corrected chi connectivity index (χ3v) is 4.06. The second-order valence-corrected chi connectivity index (χ2v) is 6.07. The van der Waals surface area contributed by atoms with E-state index in [1.165, 1.54) is 0 Å². The Hall–Kier alpha value is -0.260. The molecule has 1 amide bonds. The fourth-order valence-corrected chi connectivity index (χ4v) is 2.87. The highest BCUT2D eigenvalue weighted by atomic mass is 32.2. The first kappa shape index (κ1) is 14.8. The van der Waals surface area contributed by atoms with Gasteiger partial charge in [0.15, 0.2) is 0 Å². The second kappa shape index (κ2) is 6.61. The van der Waals surface area contributed by atoms with Crippen LogP contribution < -0.4 is 10.6 Å². The molecule has 0 aromatic carbocycles. The minimum absolute atomic E-state index is 0.0126. The van der Waals surface area contributed by atoms with Crippen LogP contribution in [0.1, 0.15) is 26.7 Å². The van der Waals surface area contributed by atoms with Gasteiger partial charge in [-0.1, -0.05) is 6.92 Å². The van der Waals surface area contributed by atoms with E-state index in [9.17, 15) is 9.90 Å². The third-order valence-electron chi connectivity index (χ3n) is 3.15. The number of carbonyl (C=O) groups excluding carboxylic acids is 1. The number of carbonyl (C=O) groups is 1. The summed E-state index contributed by atoms with van der Waals surface area (Å²) in [5, 5.41) is 16.1. The largest absolute Gasteiger partial charge is 0.387 e. The van der Waals surface area contributed by atoms with E-state index >= 15 is 0 Å². The van der Waals surface area contributed by atoms with Crippen molar-refractivity contribution < 1.29 is 9.90 Å². The van der Waals surface area contributed by atoms with Crippen LogP contribution in [-0.4, -0.2) is 47.8 Å². The van der Waals surface area contributed by atoms with Crippen LogP contribution in [0.2, 0.25) is 0 Å². The van der Waals surface area contributed by atoms with Gasteiger partial charge in [0.1, 0.15) is 0 Å². The molecule has 3 unspecified atom stereocenters. The first-order chi connectivity index (χ1) is 7.96. The Morgan fingerprint density at radius 1 is 1.65 bits per heavy atom. The smallest absolute Gasteiger partial charge is 0.237 e. The number of thioether (sulfide) groups is 1. The molecular formula is C12H24N2O2S. The van der Waals surface area contributed by atoms with Crippen LogP contribution in [-0.2, 0) is 4.79 Å². The lowest BCUT2D eigenvalue weighted by Gasteiger charge is -2.30.